The number of rotatable bonds is 12. The molecule has 0 radical (unpaired) electrons. The molecule has 0 saturated carbocycles. The largest absolute Gasteiger partial charge is 0.480 e. The Labute approximate surface area is 200 Å². The quantitative estimate of drug-likeness (QED) is 0.150. The third-order valence-corrected chi connectivity index (χ3v) is 5.42. The molecule has 0 aliphatic rings. The molecule has 10 N–H and O–H groups in total. The summed E-state index contributed by atoms with van der Waals surface area (Å²) in [5, 5.41) is 45.7. The second-order valence-corrected chi connectivity index (χ2v) is 8.20. The normalized spacial score (nSPS) is 16.4. The van der Waals surface area contributed by atoms with Crippen molar-refractivity contribution < 1.29 is 39.6 Å². The predicted molar refractivity (Wildman–Crippen MR) is 124 cm³/mol. The van der Waals surface area contributed by atoms with Crippen molar-refractivity contribution in [1.82, 2.24) is 20.9 Å². The topological polar surface area (TPSA) is 227 Å². The molecule has 2 aromatic rings. The van der Waals surface area contributed by atoms with Crippen LogP contribution in [0.4, 0.5) is 0 Å². The number of nitrogens with two attached hydrogens (primary N) is 1. The number of hydrogen-bond donors (Lipinski definition) is 9. The molecule has 0 fully saturated rings. The molecule has 1 aromatic heterocycles. The molecule has 6 atom stereocenters. The number of para-hydroxylation sites is 1. The van der Waals surface area contributed by atoms with Crippen LogP contribution in [0.15, 0.2) is 30.5 Å². The number of H-pyrrole nitrogens is 1. The molecule has 2 rings (SSSR count). The van der Waals surface area contributed by atoms with E-state index < -0.39 is 66.7 Å². The van der Waals surface area contributed by atoms with E-state index in [4.69, 9.17) is 5.73 Å². The molecule has 192 valence electrons. The number of fused-ring (bicyclic) bond motifs is 1. The molecule has 1 heterocycles. The van der Waals surface area contributed by atoms with Gasteiger partial charge in [-0.1, -0.05) is 18.2 Å². The second-order valence-electron chi connectivity index (χ2n) is 8.20. The van der Waals surface area contributed by atoms with E-state index in [1.807, 2.05) is 6.07 Å². The molecule has 0 spiro atoms. The molecular formula is C22H31N5O8. The number of carbonyl (C=O) groups excluding carboxylic acids is 3. The highest BCUT2D eigenvalue weighted by molar-refractivity contribution is 5.95. The Morgan fingerprint density at radius 1 is 0.943 bits per heavy atom. The van der Waals surface area contributed by atoms with Crippen molar-refractivity contribution in [3.05, 3.63) is 36.0 Å². The maximum absolute atomic E-state index is 13.0. The molecule has 0 aliphatic heterocycles. The van der Waals surface area contributed by atoms with Crippen LogP contribution in [0.2, 0.25) is 0 Å². The van der Waals surface area contributed by atoms with E-state index in [0.29, 0.717) is 5.56 Å². The van der Waals surface area contributed by atoms with Gasteiger partial charge in [-0.2, -0.15) is 0 Å². The first-order valence-corrected chi connectivity index (χ1v) is 10.9. The lowest BCUT2D eigenvalue weighted by atomic mass is 10.0. The van der Waals surface area contributed by atoms with Gasteiger partial charge in [0.15, 0.2) is 6.04 Å². The van der Waals surface area contributed by atoms with Gasteiger partial charge in [0.1, 0.15) is 18.1 Å². The molecule has 0 bridgehead atoms. The lowest BCUT2D eigenvalue weighted by Gasteiger charge is -2.25. The van der Waals surface area contributed by atoms with Crippen molar-refractivity contribution in [2.24, 2.45) is 5.73 Å². The van der Waals surface area contributed by atoms with Gasteiger partial charge in [0, 0.05) is 23.5 Å². The van der Waals surface area contributed by atoms with Gasteiger partial charge in [0.2, 0.25) is 17.7 Å². The fraction of sp³-hybridized carbons (Fsp3) is 0.455. The van der Waals surface area contributed by atoms with Crippen molar-refractivity contribution in [2.45, 2.75) is 56.6 Å². The number of carbonyl (C=O) groups is 4. The van der Waals surface area contributed by atoms with E-state index in [2.05, 4.69) is 20.9 Å². The standard InChI is InChI=1S/C22H31N5O8/c1-10(29)17(23)21(33)26-16(9-28)20(32)25-15(19(31)27-18(11(2)30)22(34)35)7-12-8-24-14-6-4-3-5-13(12)14/h3-6,8,10-11,15-18,24,28-30H,7,9,23H2,1-2H3,(H,25,32)(H,26,33)(H,27,31)(H,34,35). The van der Waals surface area contributed by atoms with Crippen LogP contribution in [-0.2, 0) is 25.6 Å². The fourth-order valence-electron chi connectivity index (χ4n) is 3.33. The van der Waals surface area contributed by atoms with Crippen LogP contribution in [0.1, 0.15) is 19.4 Å². The average Bonchev–Trinajstić information content (AvgIpc) is 3.21. The number of nitrogens with one attached hydrogen (secondary N) is 4. The van der Waals surface area contributed by atoms with Crippen LogP contribution < -0.4 is 21.7 Å². The molecule has 13 nitrogen and oxygen atoms in total. The Kier molecular flexibility index (Phi) is 9.71. The summed E-state index contributed by atoms with van der Waals surface area (Å²) in [6.45, 7) is 1.63. The highest BCUT2D eigenvalue weighted by Gasteiger charge is 2.32. The monoisotopic (exact) mass is 493 g/mol. The van der Waals surface area contributed by atoms with E-state index >= 15 is 0 Å². The minimum absolute atomic E-state index is 0.0764. The molecule has 3 amide bonds. The maximum Gasteiger partial charge on any atom is 0.328 e. The van der Waals surface area contributed by atoms with Crippen LogP contribution in [0.3, 0.4) is 0 Å². The molecule has 0 aliphatic carbocycles. The third kappa shape index (κ3) is 7.23. The first-order chi connectivity index (χ1) is 16.5. The Bertz CT molecular complexity index is 1050. The van der Waals surface area contributed by atoms with Gasteiger partial charge >= 0.3 is 5.97 Å². The zero-order chi connectivity index (χ0) is 26.3. The molecule has 0 saturated heterocycles. The number of aliphatic hydroxyl groups is 3. The lowest BCUT2D eigenvalue weighted by molar-refractivity contribution is -0.145. The number of amides is 3. The van der Waals surface area contributed by atoms with Gasteiger partial charge in [-0.3, -0.25) is 14.4 Å². The van der Waals surface area contributed by atoms with Crippen LogP contribution in [0.25, 0.3) is 10.9 Å². The number of carboxylic acids is 1. The second kappa shape index (κ2) is 12.3. The van der Waals surface area contributed by atoms with Crippen LogP contribution in [0.5, 0.6) is 0 Å². The summed E-state index contributed by atoms with van der Waals surface area (Å²) in [7, 11) is 0. The third-order valence-electron chi connectivity index (χ3n) is 5.42. The van der Waals surface area contributed by atoms with Crippen molar-refractivity contribution in [3.8, 4) is 0 Å². The van der Waals surface area contributed by atoms with Crippen molar-refractivity contribution in [3.63, 3.8) is 0 Å². The summed E-state index contributed by atoms with van der Waals surface area (Å²) in [6, 6.07) is 1.36. The van der Waals surface area contributed by atoms with Gasteiger partial charge in [0.25, 0.3) is 0 Å². The van der Waals surface area contributed by atoms with Crippen molar-refractivity contribution in [1.29, 1.82) is 0 Å². The number of benzene rings is 1. The first-order valence-electron chi connectivity index (χ1n) is 10.9. The zero-order valence-electron chi connectivity index (χ0n) is 19.3. The zero-order valence-corrected chi connectivity index (χ0v) is 19.3. The molecule has 6 unspecified atom stereocenters. The molecule has 1 aromatic carbocycles. The van der Waals surface area contributed by atoms with Gasteiger partial charge < -0.3 is 47.1 Å². The Balaban J connectivity index is 2.28. The maximum atomic E-state index is 13.0. The highest BCUT2D eigenvalue weighted by Crippen LogP contribution is 2.19. The van der Waals surface area contributed by atoms with Gasteiger partial charge in [-0.25, -0.2) is 4.79 Å². The van der Waals surface area contributed by atoms with Crippen LogP contribution in [0, 0.1) is 0 Å². The van der Waals surface area contributed by atoms with Gasteiger partial charge in [-0.05, 0) is 25.5 Å². The minimum Gasteiger partial charge on any atom is -0.480 e. The van der Waals surface area contributed by atoms with E-state index in [1.54, 1.807) is 24.4 Å². The van der Waals surface area contributed by atoms with Crippen LogP contribution in [-0.4, -0.2) is 92.1 Å². The Morgan fingerprint density at radius 2 is 1.54 bits per heavy atom. The predicted octanol–water partition coefficient (Wildman–Crippen LogP) is -2.67. The summed E-state index contributed by atoms with van der Waals surface area (Å²) < 4.78 is 0. The smallest absolute Gasteiger partial charge is 0.328 e. The summed E-state index contributed by atoms with van der Waals surface area (Å²) in [5.74, 6) is -4.21. The number of carboxylic acid groups (broad SMARTS) is 1. The summed E-state index contributed by atoms with van der Waals surface area (Å²) >= 11 is 0. The number of aliphatic hydroxyl groups excluding tert-OH is 3. The molecular weight excluding hydrogens is 462 g/mol. The number of aliphatic carboxylic acids is 1. The van der Waals surface area contributed by atoms with Crippen LogP contribution >= 0.6 is 0 Å². The Morgan fingerprint density at radius 3 is 2.11 bits per heavy atom. The van der Waals surface area contributed by atoms with Crippen molar-refractivity contribution >= 4 is 34.6 Å². The minimum atomic E-state index is -1.64. The highest BCUT2D eigenvalue weighted by atomic mass is 16.4. The number of hydrogen-bond acceptors (Lipinski definition) is 8. The van der Waals surface area contributed by atoms with Gasteiger partial charge in [-0.15, -0.1) is 0 Å². The Hall–Kier alpha value is -3.52. The molecule has 35 heavy (non-hydrogen) atoms. The SMILES string of the molecule is CC(O)C(N)C(=O)NC(CO)C(=O)NC(Cc1c[nH]c2ccccc12)C(=O)NC(C(=O)O)C(C)O. The number of aromatic nitrogens is 1. The van der Waals surface area contributed by atoms with E-state index in [-0.39, 0.29) is 6.42 Å². The van der Waals surface area contributed by atoms with Gasteiger partial charge in [0.05, 0.1) is 18.8 Å². The molecule has 13 heteroatoms. The van der Waals surface area contributed by atoms with E-state index in [0.717, 1.165) is 10.9 Å². The lowest BCUT2D eigenvalue weighted by Crippen LogP contribution is -2.60. The summed E-state index contributed by atoms with van der Waals surface area (Å²) in [6.07, 6.45) is -1.08. The summed E-state index contributed by atoms with van der Waals surface area (Å²) in [5.41, 5.74) is 6.95. The van der Waals surface area contributed by atoms with E-state index in [9.17, 15) is 39.6 Å². The average molecular weight is 494 g/mol. The fourth-order valence-corrected chi connectivity index (χ4v) is 3.33. The summed E-state index contributed by atoms with van der Waals surface area (Å²) in [4.78, 5) is 52.4. The number of aromatic amines is 1. The van der Waals surface area contributed by atoms with Crippen molar-refractivity contribution in [2.75, 3.05) is 6.61 Å². The van der Waals surface area contributed by atoms with E-state index in [1.165, 1.54) is 13.8 Å². The first kappa shape index (κ1) is 27.7.